The van der Waals surface area contributed by atoms with Crippen LogP contribution in [-0.2, 0) is 30.2 Å². The Balaban J connectivity index is 1.28. The van der Waals surface area contributed by atoms with Crippen molar-refractivity contribution in [3.63, 3.8) is 0 Å². The monoisotopic (exact) mass is 524 g/mol. The van der Waals surface area contributed by atoms with E-state index in [-0.39, 0.29) is 11.8 Å². The van der Waals surface area contributed by atoms with E-state index in [1.54, 1.807) is 6.20 Å². The van der Waals surface area contributed by atoms with Crippen molar-refractivity contribution in [2.45, 2.75) is 58.1 Å². The number of fused-ring (bicyclic) bond motifs is 3. The van der Waals surface area contributed by atoms with Crippen LogP contribution in [0.4, 0.5) is 4.79 Å². The lowest BCUT2D eigenvalue weighted by atomic mass is 10.0. The number of nitrogens with zero attached hydrogens (tertiary/aromatic N) is 2. The predicted octanol–water partition coefficient (Wildman–Crippen LogP) is 3.66. The van der Waals surface area contributed by atoms with E-state index in [4.69, 9.17) is 14.2 Å². The number of hydrogen-bond acceptors (Lipinski definition) is 7. The van der Waals surface area contributed by atoms with Gasteiger partial charge in [-0.3, -0.25) is 14.9 Å². The molecule has 38 heavy (non-hydrogen) atoms. The second-order valence-corrected chi connectivity index (χ2v) is 10.3. The maximum absolute atomic E-state index is 12.7. The first-order valence-corrected chi connectivity index (χ1v) is 13.1. The van der Waals surface area contributed by atoms with Crippen LogP contribution in [0.25, 0.3) is 21.9 Å². The summed E-state index contributed by atoms with van der Waals surface area (Å²) >= 11 is 0. The van der Waals surface area contributed by atoms with Crippen molar-refractivity contribution in [2.24, 2.45) is 0 Å². The largest absolute Gasteiger partial charge is 0.444 e. The zero-order chi connectivity index (χ0) is 27.1. The minimum Gasteiger partial charge on any atom is -0.444 e. The Morgan fingerprint density at radius 3 is 2.66 bits per heavy atom. The smallest absolute Gasteiger partial charge is 0.407 e. The SMILES string of the molecule is CC(C)(C)OC(=O)NCCOCCOCCCc1cccc2c1c1cccnc1n2C1CCC(=O)NC1=O. The highest BCUT2D eigenvalue weighted by atomic mass is 16.6. The van der Waals surface area contributed by atoms with Gasteiger partial charge in [-0.05, 0) is 63.8 Å². The second-order valence-electron chi connectivity index (χ2n) is 10.3. The lowest BCUT2D eigenvalue weighted by Crippen LogP contribution is -2.41. The van der Waals surface area contributed by atoms with Crippen LogP contribution in [0.5, 0.6) is 0 Å². The molecule has 0 bridgehead atoms. The summed E-state index contributed by atoms with van der Waals surface area (Å²) in [5, 5.41) is 7.20. The Morgan fingerprint density at radius 1 is 1.11 bits per heavy atom. The van der Waals surface area contributed by atoms with Crippen molar-refractivity contribution in [3.05, 3.63) is 42.1 Å². The molecule has 1 atom stereocenters. The van der Waals surface area contributed by atoms with Gasteiger partial charge in [-0.2, -0.15) is 0 Å². The molecule has 204 valence electrons. The first kappa shape index (κ1) is 27.5. The van der Waals surface area contributed by atoms with Gasteiger partial charge < -0.3 is 24.1 Å². The van der Waals surface area contributed by atoms with Crippen LogP contribution in [0.3, 0.4) is 0 Å². The normalized spacial score (nSPS) is 16.1. The average molecular weight is 525 g/mol. The number of benzene rings is 1. The fourth-order valence-corrected chi connectivity index (χ4v) is 4.67. The fourth-order valence-electron chi connectivity index (χ4n) is 4.67. The van der Waals surface area contributed by atoms with Gasteiger partial charge in [0.05, 0.1) is 25.3 Å². The molecule has 0 saturated carbocycles. The van der Waals surface area contributed by atoms with Crippen LogP contribution in [0.15, 0.2) is 36.5 Å². The van der Waals surface area contributed by atoms with Crippen LogP contribution in [0.2, 0.25) is 0 Å². The van der Waals surface area contributed by atoms with Crippen LogP contribution in [0.1, 0.15) is 51.6 Å². The van der Waals surface area contributed by atoms with E-state index in [0.717, 1.165) is 34.8 Å². The molecule has 0 aliphatic carbocycles. The molecule has 3 heterocycles. The van der Waals surface area contributed by atoms with Crippen molar-refractivity contribution in [2.75, 3.05) is 33.0 Å². The summed E-state index contributed by atoms with van der Waals surface area (Å²) in [6, 6.07) is 9.57. The first-order chi connectivity index (χ1) is 18.2. The van der Waals surface area contributed by atoms with Gasteiger partial charge in [0.15, 0.2) is 0 Å². The summed E-state index contributed by atoms with van der Waals surface area (Å²) in [4.78, 5) is 40.6. The topological polar surface area (TPSA) is 121 Å². The predicted molar refractivity (Wildman–Crippen MR) is 143 cm³/mol. The number of pyridine rings is 1. The van der Waals surface area contributed by atoms with Crippen LogP contribution >= 0.6 is 0 Å². The van der Waals surface area contributed by atoms with Crippen molar-refractivity contribution < 1.29 is 28.6 Å². The Kier molecular flexibility index (Phi) is 8.96. The number of piperidine rings is 1. The quantitative estimate of drug-likeness (QED) is 0.290. The Hall–Kier alpha value is -3.50. The van der Waals surface area contributed by atoms with Gasteiger partial charge in [-0.15, -0.1) is 0 Å². The van der Waals surface area contributed by atoms with E-state index in [9.17, 15) is 14.4 Å². The molecule has 10 nitrogen and oxygen atoms in total. The van der Waals surface area contributed by atoms with Gasteiger partial charge >= 0.3 is 6.09 Å². The molecule has 1 aliphatic rings. The molecule has 10 heteroatoms. The molecule has 3 aromatic rings. The maximum atomic E-state index is 12.7. The highest BCUT2D eigenvalue weighted by Crippen LogP contribution is 2.35. The molecule has 1 aromatic carbocycles. The maximum Gasteiger partial charge on any atom is 0.407 e. The highest BCUT2D eigenvalue weighted by Gasteiger charge is 2.31. The molecular weight excluding hydrogens is 488 g/mol. The molecule has 0 radical (unpaired) electrons. The highest BCUT2D eigenvalue weighted by molar-refractivity contribution is 6.10. The van der Waals surface area contributed by atoms with Crippen molar-refractivity contribution in [1.82, 2.24) is 20.2 Å². The number of alkyl carbamates (subject to hydrolysis) is 1. The van der Waals surface area contributed by atoms with E-state index in [1.807, 2.05) is 49.6 Å². The van der Waals surface area contributed by atoms with Gasteiger partial charge in [0.2, 0.25) is 11.8 Å². The lowest BCUT2D eigenvalue weighted by Gasteiger charge is -2.23. The molecule has 3 amide bonds. The zero-order valence-corrected chi connectivity index (χ0v) is 22.2. The summed E-state index contributed by atoms with van der Waals surface area (Å²) in [7, 11) is 0. The lowest BCUT2D eigenvalue weighted by molar-refractivity contribution is -0.135. The number of carbonyl (C=O) groups excluding carboxylic acids is 3. The molecule has 1 fully saturated rings. The molecular formula is C28H36N4O6. The molecule has 1 saturated heterocycles. The fraction of sp³-hybridized carbons (Fsp3) is 0.500. The van der Waals surface area contributed by atoms with Crippen LogP contribution in [-0.4, -0.2) is 66.0 Å². The number of ether oxygens (including phenoxy) is 3. The Bertz CT molecular complexity index is 1300. The molecule has 4 rings (SSSR count). The molecule has 0 spiro atoms. The number of nitrogens with one attached hydrogen (secondary N) is 2. The third kappa shape index (κ3) is 6.87. The number of carbonyl (C=O) groups is 3. The number of rotatable bonds is 11. The molecule has 2 aromatic heterocycles. The van der Waals surface area contributed by atoms with Gasteiger partial charge in [0, 0.05) is 36.5 Å². The first-order valence-electron chi connectivity index (χ1n) is 13.1. The van der Waals surface area contributed by atoms with Crippen LogP contribution in [0, 0.1) is 0 Å². The number of aromatic nitrogens is 2. The number of amides is 3. The van der Waals surface area contributed by atoms with Crippen LogP contribution < -0.4 is 10.6 Å². The third-order valence-electron chi connectivity index (χ3n) is 6.22. The molecule has 1 aliphatic heterocycles. The Labute approximate surface area is 222 Å². The number of aryl methyl sites for hydroxylation is 1. The second kappa shape index (κ2) is 12.4. The van der Waals surface area contributed by atoms with Gasteiger partial charge in [-0.25, -0.2) is 9.78 Å². The van der Waals surface area contributed by atoms with E-state index in [1.165, 1.54) is 5.56 Å². The van der Waals surface area contributed by atoms with E-state index in [2.05, 4.69) is 21.7 Å². The minimum absolute atomic E-state index is 0.233. The Morgan fingerprint density at radius 2 is 1.89 bits per heavy atom. The molecule has 2 N–H and O–H groups in total. The summed E-state index contributed by atoms with van der Waals surface area (Å²) in [5.74, 6) is -0.518. The van der Waals surface area contributed by atoms with E-state index >= 15 is 0 Å². The van der Waals surface area contributed by atoms with Gasteiger partial charge in [0.1, 0.15) is 17.3 Å². The van der Waals surface area contributed by atoms with E-state index in [0.29, 0.717) is 45.8 Å². The number of hydrogen-bond donors (Lipinski definition) is 2. The third-order valence-corrected chi connectivity index (χ3v) is 6.22. The average Bonchev–Trinajstić information content (AvgIpc) is 3.19. The summed E-state index contributed by atoms with van der Waals surface area (Å²) in [5.41, 5.74) is 2.34. The standard InChI is InChI=1S/C28H36N4O6/c1-28(2,3)38-27(35)30-14-16-37-18-17-36-15-6-8-19-7-4-10-21-24(19)20-9-5-13-29-25(20)32(21)22-11-12-23(33)31-26(22)34/h4-5,7,9-10,13,22H,6,8,11-12,14-18H2,1-3H3,(H,30,35)(H,31,33,34). The number of imide groups is 1. The summed E-state index contributed by atoms with van der Waals surface area (Å²) in [6.45, 7) is 7.70. The molecule has 1 unspecified atom stereocenters. The summed E-state index contributed by atoms with van der Waals surface area (Å²) < 4.78 is 18.4. The van der Waals surface area contributed by atoms with E-state index < -0.39 is 17.7 Å². The van der Waals surface area contributed by atoms with Crippen molar-refractivity contribution >= 4 is 39.8 Å². The minimum atomic E-state index is -0.522. The summed E-state index contributed by atoms with van der Waals surface area (Å²) in [6.07, 6.45) is 3.67. The van der Waals surface area contributed by atoms with Gasteiger partial charge in [0.25, 0.3) is 0 Å². The van der Waals surface area contributed by atoms with Gasteiger partial charge in [-0.1, -0.05) is 12.1 Å². The zero-order valence-electron chi connectivity index (χ0n) is 22.2. The van der Waals surface area contributed by atoms with Crippen molar-refractivity contribution in [1.29, 1.82) is 0 Å². The van der Waals surface area contributed by atoms with Crippen molar-refractivity contribution in [3.8, 4) is 0 Å².